The first-order valence-corrected chi connectivity index (χ1v) is 5.28. The van der Waals surface area contributed by atoms with E-state index in [2.05, 4.69) is 4.98 Å². The number of aryl methyl sites for hydroxylation is 1. The van der Waals surface area contributed by atoms with Crippen LogP contribution < -0.4 is 16.2 Å². The van der Waals surface area contributed by atoms with Crippen LogP contribution in [0.2, 0.25) is 0 Å². The molecule has 0 spiro atoms. The Labute approximate surface area is 100 Å². The second kappa shape index (κ2) is 4.33. The number of aromatic nitrogens is 1. The number of nitrogens with zero attached hydrogens (tertiary/aromatic N) is 1. The molecule has 4 heteroatoms. The van der Waals surface area contributed by atoms with E-state index in [-0.39, 0.29) is 0 Å². The van der Waals surface area contributed by atoms with Crippen LogP contribution in [0.5, 0.6) is 5.88 Å². The van der Waals surface area contributed by atoms with E-state index in [0.717, 1.165) is 16.7 Å². The van der Waals surface area contributed by atoms with Gasteiger partial charge in [0.25, 0.3) is 0 Å². The molecule has 2 aromatic rings. The minimum absolute atomic E-state index is 0.581. The van der Waals surface area contributed by atoms with Gasteiger partial charge in [-0.1, -0.05) is 12.1 Å². The summed E-state index contributed by atoms with van der Waals surface area (Å²) in [5.41, 5.74) is 15.8. The third-order valence-electron chi connectivity index (χ3n) is 2.72. The number of nitrogens with two attached hydrogens (primary N) is 2. The van der Waals surface area contributed by atoms with E-state index in [0.29, 0.717) is 17.3 Å². The Balaban J connectivity index is 2.57. The Morgan fingerprint density at radius 1 is 1.18 bits per heavy atom. The highest BCUT2D eigenvalue weighted by Crippen LogP contribution is 2.32. The van der Waals surface area contributed by atoms with Gasteiger partial charge in [0.15, 0.2) is 0 Å². The highest BCUT2D eigenvalue weighted by atomic mass is 16.5. The molecule has 0 aliphatic rings. The Hall–Kier alpha value is -2.23. The van der Waals surface area contributed by atoms with E-state index < -0.39 is 0 Å². The van der Waals surface area contributed by atoms with Gasteiger partial charge in [-0.3, -0.25) is 0 Å². The van der Waals surface area contributed by atoms with Crippen molar-refractivity contribution in [3.63, 3.8) is 0 Å². The van der Waals surface area contributed by atoms with Gasteiger partial charge in [0, 0.05) is 23.4 Å². The number of benzene rings is 1. The van der Waals surface area contributed by atoms with E-state index in [1.807, 2.05) is 25.1 Å². The van der Waals surface area contributed by atoms with Gasteiger partial charge in [-0.2, -0.15) is 0 Å². The minimum atomic E-state index is 0.581. The molecule has 0 atom stereocenters. The van der Waals surface area contributed by atoms with Gasteiger partial charge in [0.05, 0.1) is 18.5 Å². The maximum atomic E-state index is 5.97. The summed E-state index contributed by atoms with van der Waals surface area (Å²) in [5.74, 6) is 0.591. The first-order valence-electron chi connectivity index (χ1n) is 5.28. The van der Waals surface area contributed by atoms with Gasteiger partial charge in [-0.15, -0.1) is 0 Å². The second-order valence-electron chi connectivity index (χ2n) is 3.85. The molecule has 1 aromatic carbocycles. The highest BCUT2D eigenvalue weighted by Gasteiger charge is 2.09. The van der Waals surface area contributed by atoms with Gasteiger partial charge in [0.1, 0.15) is 0 Å². The van der Waals surface area contributed by atoms with Gasteiger partial charge in [-0.25, -0.2) is 4.98 Å². The van der Waals surface area contributed by atoms with Gasteiger partial charge in [-0.05, 0) is 18.6 Å². The number of hydrogen-bond donors (Lipinski definition) is 2. The smallest absolute Gasteiger partial charge is 0.213 e. The van der Waals surface area contributed by atoms with E-state index in [1.54, 1.807) is 19.4 Å². The Morgan fingerprint density at radius 3 is 2.59 bits per heavy atom. The zero-order valence-corrected chi connectivity index (χ0v) is 9.90. The molecule has 2 rings (SSSR count). The third kappa shape index (κ3) is 2.01. The van der Waals surface area contributed by atoms with E-state index in [1.165, 1.54) is 0 Å². The summed E-state index contributed by atoms with van der Waals surface area (Å²) in [4.78, 5) is 4.19. The molecule has 4 N–H and O–H groups in total. The first kappa shape index (κ1) is 11.3. The zero-order valence-electron chi connectivity index (χ0n) is 9.90. The number of rotatable bonds is 2. The lowest BCUT2D eigenvalue weighted by Crippen LogP contribution is -1.98. The molecule has 0 aliphatic carbocycles. The van der Waals surface area contributed by atoms with Crippen LogP contribution in [0.25, 0.3) is 11.1 Å². The number of para-hydroxylation sites is 1. The predicted molar refractivity (Wildman–Crippen MR) is 69.8 cm³/mol. The molecule has 0 fully saturated rings. The van der Waals surface area contributed by atoms with E-state index >= 15 is 0 Å². The zero-order chi connectivity index (χ0) is 12.4. The molecule has 17 heavy (non-hydrogen) atoms. The van der Waals surface area contributed by atoms with Crippen LogP contribution in [0.3, 0.4) is 0 Å². The molecule has 0 unspecified atom stereocenters. The van der Waals surface area contributed by atoms with Gasteiger partial charge >= 0.3 is 0 Å². The quantitative estimate of drug-likeness (QED) is 0.774. The van der Waals surface area contributed by atoms with Gasteiger partial charge in [0.2, 0.25) is 5.88 Å². The maximum absolute atomic E-state index is 5.97. The summed E-state index contributed by atoms with van der Waals surface area (Å²) in [6, 6.07) is 7.47. The second-order valence-corrected chi connectivity index (χ2v) is 3.85. The lowest BCUT2D eigenvalue weighted by molar-refractivity contribution is 0.397. The maximum Gasteiger partial charge on any atom is 0.213 e. The standard InChI is InChI=1S/C13H15N3O/c1-8-6-12(17-2)16-7-10(8)9-4-3-5-11(14)13(9)15/h3-7H,14-15H2,1-2H3. The lowest BCUT2D eigenvalue weighted by atomic mass is 10.0. The van der Waals surface area contributed by atoms with Crippen molar-refractivity contribution in [1.82, 2.24) is 4.98 Å². The molecule has 0 radical (unpaired) electrons. The predicted octanol–water partition coefficient (Wildman–Crippen LogP) is 2.23. The fourth-order valence-electron chi connectivity index (χ4n) is 1.74. The SMILES string of the molecule is COc1cc(C)c(-c2cccc(N)c2N)cn1. The Bertz CT molecular complexity index is 552. The average Bonchev–Trinajstić information content (AvgIpc) is 2.33. The minimum Gasteiger partial charge on any atom is -0.481 e. The summed E-state index contributed by atoms with van der Waals surface area (Å²) in [6.07, 6.45) is 1.75. The van der Waals surface area contributed by atoms with Crippen LogP contribution in [-0.4, -0.2) is 12.1 Å². The Morgan fingerprint density at radius 2 is 1.94 bits per heavy atom. The number of nitrogen functional groups attached to an aromatic ring is 2. The first-order chi connectivity index (χ1) is 8.13. The number of pyridine rings is 1. The fourth-order valence-corrected chi connectivity index (χ4v) is 1.74. The normalized spacial score (nSPS) is 10.2. The van der Waals surface area contributed by atoms with E-state index in [9.17, 15) is 0 Å². The van der Waals surface area contributed by atoms with Crippen molar-refractivity contribution in [3.8, 4) is 17.0 Å². The van der Waals surface area contributed by atoms with Crippen molar-refractivity contribution < 1.29 is 4.74 Å². The van der Waals surface area contributed by atoms with Crippen LogP contribution in [0.15, 0.2) is 30.5 Å². The number of ether oxygens (including phenoxy) is 1. The summed E-state index contributed by atoms with van der Waals surface area (Å²) in [5, 5.41) is 0. The van der Waals surface area contributed by atoms with Crippen LogP contribution in [0, 0.1) is 6.92 Å². The summed E-state index contributed by atoms with van der Waals surface area (Å²) < 4.78 is 5.07. The molecule has 1 heterocycles. The van der Waals surface area contributed by atoms with Crippen LogP contribution >= 0.6 is 0 Å². The van der Waals surface area contributed by atoms with Crippen LogP contribution in [-0.2, 0) is 0 Å². The van der Waals surface area contributed by atoms with Crippen molar-refractivity contribution >= 4 is 11.4 Å². The van der Waals surface area contributed by atoms with E-state index in [4.69, 9.17) is 16.2 Å². The summed E-state index contributed by atoms with van der Waals surface area (Å²) in [7, 11) is 1.59. The molecule has 1 aromatic heterocycles. The molecular formula is C13H15N3O. The monoisotopic (exact) mass is 229 g/mol. The molecule has 0 saturated heterocycles. The summed E-state index contributed by atoms with van der Waals surface area (Å²) in [6.45, 7) is 1.99. The van der Waals surface area contributed by atoms with Crippen molar-refractivity contribution in [3.05, 3.63) is 36.0 Å². The van der Waals surface area contributed by atoms with Crippen LogP contribution in [0.1, 0.15) is 5.56 Å². The van der Waals surface area contributed by atoms with Crippen molar-refractivity contribution in [2.75, 3.05) is 18.6 Å². The van der Waals surface area contributed by atoms with Gasteiger partial charge < -0.3 is 16.2 Å². The molecule has 0 amide bonds. The average molecular weight is 229 g/mol. The van der Waals surface area contributed by atoms with Crippen molar-refractivity contribution in [2.24, 2.45) is 0 Å². The molecule has 88 valence electrons. The fraction of sp³-hybridized carbons (Fsp3) is 0.154. The molecule has 0 bridgehead atoms. The number of hydrogen-bond acceptors (Lipinski definition) is 4. The molecular weight excluding hydrogens is 214 g/mol. The van der Waals surface area contributed by atoms with Crippen LogP contribution in [0.4, 0.5) is 11.4 Å². The topological polar surface area (TPSA) is 74.2 Å². The number of methoxy groups -OCH3 is 1. The summed E-state index contributed by atoms with van der Waals surface area (Å²) >= 11 is 0. The Kier molecular flexibility index (Phi) is 2.87. The lowest BCUT2D eigenvalue weighted by Gasteiger charge is -2.11. The number of anilines is 2. The molecule has 0 aliphatic heterocycles. The van der Waals surface area contributed by atoms with Crippen molar-refractivity contribution in [1.29, 1.82) is 0 Å². The molecule has 0 saturated carbocycles. The largest absolute Gasteiger partial charge is 0.481 e. The third-order valence-corrected chi connectivity index (χ3v) is 2.72. The molecule has 4 nitrogen and oxygen atoms in total. The highest BCUT2D eigenvalue weighted by molar-refractivity contribution is 5.85. The van der Waals surface area contributed by atoms with Crippen molar-refractivity contribution in [2.45, 2.75) is 6.92 Å².